The van der Waals surface area contributed by atoms with Crippen molar-refractivity contribution in [2.45, 2.75) is 39.8 Å². The molecule has 2 atom stereocenters. The molecule has 182 valence electrons. The number of benzene rings is 2. The highest BCUT2D eigenvalue weighted by atomic mass is 19.1. The van der Waals surface area contributed by atoms with E-state index in [1.807, 2.05) is 26.0 Å². The number of hydrogen-bond acceptors (Lipinski definition) is 3. The van der Waals surface area contributed by atoms with Crippen LogP contribution in [0, 0.1) is 24.5 Å². The number of anilines is 1. The van der Waals surface area contributed by atoms with E-state index in [2.05, 4.69) is 10.6 Å². The number of rotatable bonds is 5. The molecular weight excluding hydrogens is 442 g/mol. The minimum Gasteiger partial charge on any atom is -0.337 e. The zero-order valence-electron chi connectivity index (χ0n) is 19.8. The first kappa shape index (κ1) is 25.1. The minimum absolute atomic E-state index is 0.0844. The molecule has 0 saturated carbocycles. The van der Waals surface area contributed by atoms with Crippen molar-refractivity contribution in [2.75, 3.05) is 25.0 Å². The number of nitrogens with one attached hydrogen (secondary N) is 2. The topological polar surface area (TPSA) is 81.8 Å². The average molecular weight is 473 g/mol. The second-order valence-electron chi connectivity index (χ2n) is 8.94. The lowest BCUT2D eigenvalue weighted by atomic mass is 10.0. The minimum atomic E-state index is -0.911. The van der Waals surface area contributed by atoms with Crippen LogP contribution in [0.5, 0.6) is 0 Å². The van der Waals surface area contributed by atoms with Crippen molar-refractivity contribution in [3.8, 4) is 0 Å². The molecule has 0 bridgehead atoms. The summed E-state index contributed by atoms with van der Waals surface area (Å²) >= 11 is 0. The Morgan fingerprint density at radius 3 is 2.29 bits per heavy atom. The normalized spacial score (nSPS) is 16.9. The number of carbonyl (C=O) groups excluding carboxylic acids is 3. The van der Waals surface area contributed by atoms with Gasteiger partial charge in [0.25, 0.3) is 5.91 Å². The van der Waals surface area contributed by atoms with Gasteiger partial charge < -0.3 is 20.4 Å². The summed E-state index contributed by atoms with van der Waals surface area (Å²) in [7, 11) is 0. The summed E-state index contributed by atoms with van der Waals surface area (Å²) in [5.74, 6) is -2.27. The molecule has 2 unspecified atom stereocenters. The Kier molecular flexibility index (Phi) is 7.86. The molecule has 2 aromatic carbocycles. The Balaban J connectivity index is 1.63. The quantitative estimate of drug-likeness (QED) is 0.695. The first-order chi connectivity index (χ1) is 16.1. The van der Waals surface area contributed by atoms with E-state index in [-0.39, 0.29) is 29.5 Å². The van der Waals surface area contributed by atoms with Crippen molar-refractivity contribution in [1.29, 1.82) is 0 Å². The fraction of sp³-hybridized carbons (Fsp3) is 0.400. The Morgan fingerprint density at radius 1 is 1.03 bits per heavy atom. The largest absolute Gasteiger partial charge is 0.337 e. The molecule has 0 aromatic heterocycles. The highest BCUT2D eigenvalue weighted by Crippen LogP contribution is 2.18. The van der Waals surface area contributed by atoms with E-state index in [4.69, 9.17) is 0 Å². The van der Waals surface area contributed by atoms with Crippen LogP contribution in [-0.2, 0) is 4.79 Å². The third kappa shape index (κ3) is 5.89. The monoisotopic (exact) mass is 472 g/mol. The van der Waals surface area contributed by atoms with Crippen LogP contribution in [0.4, 0.5) is 19.3 Å². The smallest absolute Gasteiger partial charge is 0.319 e. The van der Waals surface area contributed by atoms with Gasteiger partial charge >= 0.3 is 6.03 Å². The second-order valence-corrected chi connectivity index (χ2v) is 8.94. The maximum Gasteiger partial charge on any atom is 0.319 e. The first-order valence-electron chi connectivity index (χ1n) is 11.3. The van der Waals surface area contributed by atoms with Crippen LogP contribution >= 0.6 is 0 Å². The van der Waals surface area contributed by atoms with Crippen LogP contribution in [0.3, 0.4) is 0 Å². The summed E-state index contributed by atoms with van der Waals surface area (Å²) in [4.78, 5) is 41.9. The molecule has 1 saturated heterocycles. The third-order valence-corrected chi connectivity index (χ3v) is 5.90. The van der Waals surface area contributed by atoms with Gasteiger partial charge in [-0.15, -0.1) is 0 Å². The van der Waals surface area contributed by atoms with E-state index < -0.39 is 23.7 Å². The van der Waals surface area contributed by atoms with Crippen LogP contribution < -0.4 is 10.6 Å². The molecule has 2 aromatic rings. The van der Waals surface area contributed by atoms with Crippen molar-refractivity contribution in [3.63, 3.8) is 0 Å². The van der Waals surface area contributed by atoms with Crippen molar-refractivity contribution in [1.82, 2.24) is 15.1 Å². The van der Waals surface area contributed by atoms with E-state index in [0.717, 1.165) is 17.7 Å². The summed E-state index contributed by atoms with van der Waals surface area (Å²) < 4.78 is 26.9. The summed E-state index contributed by atoms with van der Waals surface area (Å²) in [5, 5.41) is 4.92. The number of aryl methyl sites for hydroxylation is 1. The van der Waals surface area contributed by atoms with Gasteiger partial charge in [-0.1, -0.05) is 31.5 Å². The average Bonchev–Trinajstić information content (AvgIpc) is 2.78. The molecule has 9 heteroatoms. The predicted octanol–water partition coefficient (Wildman–Crippen LogP) is 3.79. The van der Waals surface area contributed by atoms with Gasteiger partial charge in [0.1, 0.15) is 17.7 Å². The standard InChI is InChI=1S/C25H30F2N4O3/c1-15(2)22(29-25(34)28-21-10-9-19(26)13-20(21)27)24(33)30-11-12-31(17(4)14-30)23(32)18-7-5-16(3)6-8-18/h5-10,13,15,17,22H,11-12,14H2,1-4H3,(H2,28,29,34). The second kappa shape index (κ2) is 10.6. The van der Waals surface area contributed by atoms with E-state index in [0.29, 0.717) is 31.3 Å². The lowest BCUT2D eigenvalue weighted by Gasteiger charge is -2.41. The summed E-state index contributed by atoms with van der Waals surface area (Å²) in [6.07, 6.45) is 0. The fourth-order valence-corrected chi connectivity index (χ4v) is 3.92. The lowest BCUT2D eigenvalue weighted by Crippen LogP contribution is -2.60. The van der Waals surface area contributed by atoms with Gasteiger partial charge in [0.05, 0.1) is 5.69 Å². The Hall–Kier alpha value is -3.49. The molecule has 4 amide bonds. The molecular formula is C25H30F2N4O3. The van der Waals surface area contributed by atoms with Gasteiger partial charge in [-0.05, 0) is 44.0 Å². The van der Waals surface area contributed by atoms with Crippen LogP contribution in [0.15, 0.2) is 42.5 Å². The molecule has 0 radical (unpaired) electrons. The van der Waals surface area contributed by atoms with Crippen molar-refractivity contribution in [3.05, 3.63) is 65.2 Å². The molecule has 3 rings (SSSR count). The van der Waals surface area contributed by atoms with Crippen LogP contribution in [0.1, 0.15) is 36.7 Å². The Labute approximate surface area is 198 Å². The fourth-order valence-electron chi connectivity index (χ4n) is 3.92. The number of hydrogen-bond donors (Lipinski definition) is 2. The van der Waals surface area contributed by atoms with E-state index in [9.17, 15) is 23.2 Å². The van der Waals surface area contributed by atoms with Crippen molar-refractivity contribution in [2.24, 2.45) is 5.92 Å². The third-order valence-electron chi connectivity index (χ3n) is 5.90. The highest BCUT2D eigenvalue weighted by molar-refractivity contribution is 5.95. The van der Waals surface area contributed by atoms with Gasteiger partial charge in [-0.25, -0.2) is 13.6 Å². The molecule has 0 spiro atoms. The summed E-state index contributed by atoms with van der Waals surface area (Å²) in [6.45, 7) is 8.46. The molecule has 2 N–H and O–H groups in total. The van der Waals surface area contributed by atoms with E-state index >= 15 is 0 Å². The van der Waals surface area contributed by atoms with Gasteiger partial charge in [-0.2, -0.15) is 0 Å². The zero-order chi connectivity index (χ0) is 25.0. The molecule has 7 nitrogen and oxygen atoms in total. The number of nitrogens with zero attached hydrogens (tertiary/aromatic N) is 2. The highest BCUT2D eigenvalue weighted by Gasteiger charge is 2.35. The van der Waals surface area contributed by atoms with Crippen molar-refractivity contribution < 1.29 is 23.2 Å². The van der Waals surface area contributed by atoms with E-state index in [1.165, 1.54) is 0 Å². The van der Waals surface area contributed by atoms with Crippen LogP contribution in [-0.4, -0.2) is 59.4 Å². The molecule has 1 fully saturated rings. The lowest BCUT2D eigenvalue weighted by molar-refractivity contribution is -0.136. The van der Waals surface area contributed by atoms with Gasteiger partial charge in [-0.3, -0.25) is 9.59 Å². The number of urea groups is 1. The van der Waals surface area contributed by atoms with E-state index in [1.54, 1.807) is 35.8 Å². The van der Waals surface area contributed by atoms with Gasteiger partial charge in [0, 0.05) is 37.3 Å². The molecule has 1 heterocycles. The van der Waals surface area contributed by atoms with Crippen molar-refractivity contribution >= 4 is 23.5 Å². The number of amides is 4. The number of halogens is 2. The maximum absolute atomic E-state index is 13.9. The van der Waals surface area contributed by atoms with Crippen LogP contribution in [0.2, 0.25) is 0 Å². The molecule has 1 aliphatic rings. The first-order valence-corrected chi connectivity index (χ1v) is 11.3. The number of carbonyl (C=O) groups is 3. The predicted molar refractivity (Wildman–Crippen MR) is 125 cm³/mol. The maximum atomic E-state index is 13.9. The molecule has 34 heavy (non-hydrogen) atoms. The SMILES string of the molecule is Cc1ccc(C(=O)N2CCN(C(=O)C(NC(=O)Nc3ccc(F)cc3F)C(C)C)CC2C)cc1. The Morgan fingerprint density at radius 2 is 1.71 bits per heavy atom. The molecule has 1 aliphatic heterocycles. The molecule has 0 aliphatic carbocycles. The summed E-state index contributed by atoms with van der Waals surface area (Å²) in [5.41, 5.74) is 1.48. The van der Waals surface area contributed by atoms with Gasteiger partial charge in [0.15, 0.2) is 0 Å². The zero-order valence-corrected chi connectivity index (χ0v) is 19.8. The van der Waals surface area contributed by atoms with Gasteiger partial charge in [0.2, 0.25) is 5.91 Å². The Bertz CT molecular complexity index is 1060. The number of piperazine rings is 1. The summed E-state index contributed by atoms with van der Waals surface area (Å²) in [6, 6.07) is 8.35. The van der Waals surface area contributed by atoms with Crippen LogP contribution in [0.25, 0.3) is 0 Å².